The van der Waals surface area contributed by atoms with E-state index in [1.807, 2.05) is 36.1 Å². The van der Waals surface area contributed by atoms with Gasteiger partial charge in [0.25, 0.3) is 0 Å². The molecule has 0 bridgehead atoms. The highest BCUT2D eigenvalue weighted by molar-refractivity contribution is 5.86. The fourth-order valence-corrected chi connectivity index (χ4v) is 4.18. The molecule has 1 fully saturated rings. The predicted octanol–water partition coefficient (Wildman–Crippen LogP) is 4.75. The molecule has 7 heteroatoms. The van der Waals surface area contributed by atoms with Crippen LogP contribution in [0.3, 0.4) is 0 Å². The minimum absolute atomic E-state index is 0.278. The third-order valence-corrected chi connectivity index (χ3v) is 6.03. The lowest BCUT2D eigenvalue weighted by Crippen LogP contribution is -2.44. The summed E-state index contributed by atoms with van der Waals surface area (Å²) < 4.78 is 29.2. The van der Waals surface area contributed by atoms with Gasteiger partial charge in [0.15, 0.2) is 11.6 Å². The van der Waals surface area contributed by atoms with Crippen LogP contribution in [0.15, 0.2) is 61.6 Å². The number of halogens is 2. The third kappa shape index (κ3) is 4.07. The largest absolute Gasteiger partial charge is 0.367 e. The first kappa shape index (κ1) is 21.2. The Labute approximate surface area is 190 Å². The molecule has 0 aliphatic carbocycles. The van der Waals surface area contributed by atoms with E-state index >= 15 is 0 Å². The van der Waals surface area contributed by atoms with Crippen LogP contribution < -0.4 is 10.2 Å². The fourth-order valence-electron chi connectivity index (χ4n) is 4.18. The van der Waals surface area contributed by atoms with Gasteiger partial charge in [0, 0.05) is 61.6 Å². The van der Waals surface area contributed by atoms with E-state index in [-0.39, 0.29) is 5.69 Å². The van der Waals surface area contributed by atoms with Crippen molar-refractivity contribution in [1.82, 2.24) is 20.3 Å². The van der Waals surface area contributed by atoms with E-state index in [0.29, 0.717) is 24.2 Å². The van der Waals surface area contributed by atoms with Gasteiger partial charge in [0.05, 0.1) is 16.7 Å². The van der Waals surface area contributed by atoms with E-state index in [9.17, 15) is 8.78 Å². The Balaban J connectivity index is 1.54. The molecule has 0 amide bonds. The van der Waals surface area contributed by atoms with Crippen LogP contribution in [-0.2, 0) is 0 Å². The number of benzene rings is 2. The van der Waals surface area contributed by atoms with Crippen LogP contribution in [0.2, 0.25) is 0 Å². The van der Waals surface area contributed by atoms with Crippen LogP contribution in [0.5, 0.6) is 0 Å². The number of aryl methyl sites for hydroxylation is 1. The van der Waals surface area contributed by atoms with Gasteiger partial charge in [-0.15, -0.1) is 0 Å². The third-order valence-electron chi connectivity index (χ3n) is 6.03. The minimum Gasteiger partial charge on any atom is -0.367 e. The lowest BCUT2D eigenvalue weighted by atomic mass is 9.95. The van der Waals surface area contributed by atoms with Crippen molar-refractivity contribution in [2.45, 2.75) is 6.92 Å². The molecule has 0 atom stereocenters. The summed E-state index contributed by atoms with van der Waals surface area (Å²) >= 11 is 0. The molecule has 5 rings (SSSR count). The first-order valence-electron chi connectivity index (χ1n) is 10.8. The van der Waals surface area contributed by atoms with Gasteiger partial charge in [-0.05, 0) is 54.0 Å². The molecule has 1 N–H and O–H groups in total. The second kappa shape index (κ2) is 8.67. The predicted molar refractivity (Wildman–Crippen MR) is 127 cm³/mol. The second-order valence-electron chi connectivity index (χ2n) is 8.12. The van der Waals surface area contributed by atoms with Crippen molar-refractivity contribution >= 4 is 22.3 Å². The zero-order valence-corrected chi connectivity index (χ0v) is 18.3. The first-order chi connectivity index (χ1) is 16.0. The van der Waals surface area contributed by atoms with Crippen molar-refractivity contribution in [1.29, 1.82) is 0 Å². The van der Waals surface area contributed by atoms with Crippen molar-refractivity contribution < 1.29 is 8.78 Å². The van der Waals surface area contributed by atoms with Gasteiger partial charge in [-0.3, -0.25) is 15.0 Å². The maximum atomic E-state index is 14.6. The van der Waals surface area contributed by atoms with E-state index in [2.05, 4.69) is 26.8 Å². The molecular formula is C26H23F2N5. The second-order valence-corrected chi connectivity index (χ2v) is 8.12. The smallest absolute Gasteiger partial charge is 0.182 e. The van der Waals surface area contributed by atoms with Crippen LogP contribution in [0.4, 0.5) is 14.5 Å². The molecule has 2 aromatic carbocycles. The van der Waals surface area contributed by atoms with E-state index in [1.165, 1.54) is 6.07 Å². The molecule has 33 heavy (non-hydrogen) atoms. The Bertz CT molecular complexity index is 1360. The van der Waals surface area contributed by atoms with Crippen LogP contribution >= 0.6 is 0 Å². The maximum Gasteiger partial charge on any atom is 0.182 e. The average molecular weight is 444 g/mol. The number of pyridine rings is 1. The normalized spacial score (nSPS) is 14.0. The molecule has 166 valence electrons. The zero-order chi connectivity index (χ0) is 22.9. The van der Waals surface area contributed by atoms with Crippen molar-refractivity contribution in [2.75, 3.05) is 31.1 Å². The summed E-state index contributed by atoms with van der Waals surface area (Å²) in [5, 5.41) is 3.23. The van der Waals surface area contributed by atoms with Crippen LogP contribution in [0.1, 0.15) is 16.8 Å². The summed E-state index contributed by atoms with van der Waals surface area (Å²) in [6, 6.07) is 10.7. The van der Waals surface area contributed by atoms with Crippen molar-refractivity contribution in [3.63, 3.8) is 0 Å². The topological polar surface area (TPSA) is 53.9 Å². The fraction of sp³-hybridized carbons (Fsp3) is 0.192. The Morgan fingerprint density at radius 2 is 1.70 bits per heavy atom. The lowest BCUT2D eigenvalue weighted by molar-refractivity contribution is 0.500. The number of nitrogens with one attached hydrogen (secondary N) is 1. The minimum atomic E-state index is -0.866. The summed E-state index contributed by atoms with van der Waals surface area (Å²) in [5.41, 5.74) is 6.45. The number of aromatic nitrogens is 3. The van der Waals surface area contributed by atoms with Crippen molar-refractivity contribution in [3.8, 4) is 11.1 Å². The summed E-state index contributed by atoms with van der Waals surface area (Å²) in [6.45, 7) is 8.90. The number of anilines is 1. The summed E-state index contributed by atoms with van der Waals surface area (Å²) in [4.78, 5) is 15.1. The van der Waals surface area contributed by atoms with Crippen LogP contribution in [0, 0.1) is 18.6 Å². The number of fused-ring (bicyclic) bond motifs is 1. The number of rotatable bonds is 4. The maximum absolute atomic E-state index is 14.6. The highest BCUT2D eigenvalue weighted by Gasteiger charge is 2.20. The number of hydrogen-bond donors (Lipinski definition) is 1. The quantitative estimate of drug-likeness (QED) is 0.493. The molecule has 4 aromatic rings. The SMILES string of the molecule is C=C(c1ccc2nccnc2c1)c1cc(-c2cc(F)c(F)c(N3CCNCC3)c2)cnc1C. The summed E-state index contributed by atoms with van der Waals surface area (Å²) in [6.07, 6.45) is 5.00. The Morgan fingerprint density at radius 3 is 2.48 bits per heavy atom. The van der Waals surface area contributed by atoms with E-state index < -0.39 is 11.6 Å². The Kier molecular flexibility index (Phi) is 5.56. The molecule has 1 saturated heterocycles. The molecule has 1 aliphatic rings. The molecule has 2 aromatic heterocycles. The van der Waals surface area contributed by atoms with Gasteiger partial charge < -0.3 is 10.2 Å². The molecule has 1 aliphatic heterocycles. The standard InChI is InChI=1S/C26H23F2N5/c1-16(18-3-4-23-24(13-18)31-6-5-30-23)21-11-20(15-32-17(21)2)19-12-22(27)26(28)25(14-19)33-9-7-29-8-10-33/h3-6,11-15,29H,1,7-10H2,2H3. The molecule has 3 heterocycles. The molecule has 0 unspecified atom stereocenters. The Hall–Kier alpha value is -3.71. The first-order valence-corrected chi connectivity index (χ1v) is 10.8. The Morgan fingerprint density at radius 1 is 0.939 bits per heavy atom. The van der Waals surface area contributed by atoms with Gasteiger partial charge in [0.2, 0.25) is 0 Å². The van der Waals surface area contributed by atoms with E-state index in [0.717, 1.165) is 46.5 Å². The highest BCUT2D eigenvalue weighted by Crippen LogP contribution is 2.33. The van der Waals surface area contributed by atoms with Crippen LogP contribution in [-0.4, -0.2) is 41.1 Å². The molecule has 5 nitrogen and oxygen atoms in total. The van der Waals surface area contributed by atoms with E-state index in [1.54, 1.807) is 24.7 Å². The molecule has 0 radical (unpaired) electrons. The van der Waals surface area contributed by atoms with Gasteiger partial charge in [-0.1, -0.05) is 12.6 Å². The lowest BCUT2D eigenvalue weighted by Gasteiger charge is -2.30. The van der Waals surface area contributed by atoms with Crippen molar-refractivity contribution in [2.24, 2.45) is 0 Å². The summed E-state index contributed by atoms with van der Waals surface area (Å²) in [5.74, 6) is -1.68. The monoisotopic (exact) mass is 443 g/mol. The van der Waals surface area contributed by atoms with E-state index in [4.69, 9.17) is 0 Å². The number of piperazine rings is 1. The molecular weight excluding hydrogens is 420 g/mol. The van der Waals surface area contributed by atoms with Gasteiger partial charge >= 0.3 is 0 Å². The van der Waals surface area contributed by atoms with Gasteiger partial charge in [-0.2, -0.15) is 0 Å². The zero-order valence-electron chi connectivity index (χ0n) is 18.3. The number of hydrogen-bond acceptors (Lipinski definition) is 5. The highest BCUT2D eigenvalue weighted by atomic mass is 19.2. The van der Waals surface area contributed by atoms with Gasteiger partial charge in [0.1, 0.15) is 0 Å². The summed E-state index contributed by atoms with van der Waals surface area (Å²) in [7, 11) is 0. The molecule has 0 saturated carbocycles. The van der Waals surface area contributed by atoms with Crippen LogP contribution in [0.25, 0.3) is 27.7 Å². The van der Waals surface area contributed by atoms with Gasteiger partial charge in [-0.25, -0.2) is 8.78 Å². The van der Waals surface area contributed by atoms with Crippen molar-refractivity contribution in [3.05, 3.63) is 90.0 Å². The molecule has 0 spiro atoms. The number of nitrogens with zero attached hydrogens (tertiary/aromatic N) is 4. The average Bonchev–Trinajstić information content (AvgIpc) is 2.85.